The number of nitrogens with one attached hydrogen (secondary N) is 1. The minimum atomic E-state index is -3.51. The first-order chi connectivity index (χ1) is 11.0. The highest BCUT2D eigenvalue weighted by molar-refractivity contribution is 7.91. The maximum absolute atomic E-state index is 12.4. The van der Waals surface area contributed by atoms with Crippen molar-refractivity contribution >= 4 is 32.3 Å². The fraction of sp³-hybridized carbons (Fsp3) is 0.188. The summed E-state index contributed by atoms with van der Waals surface area (Å²) in [5.74, 6) is 0. The molecule has 0 bridgehead atoms. The molecule has 0 unspecified atom stereocenters. The Balaban J connectivity index is 1.85. The molecule has 5 nitrogen and oxygen atoms in total. The second-order valence-electron chi connectivity index (χ2n) is 5.17. The molecule has 0 fully saturated rings. The Bertz CT molecular complexity index is 990. The highest BCUT2D eigenvalue weighted by Gasteiger charge is 2.14. The van der Waals surface area contributed by atoms with Crippen LogP contribution in [0.4, 0.5) is 0 Å². The van der Waals surface area contributed by atoms with Crippen molar-refractivity contribution in [2.75, 3.05) is 6.54 Å². The van der Waals surface area contributed by atoms with Crippen molar-refractivity contribution in [3.63, 3.8) is 0 Å². The fourth-order valence-corrected chi connectivity index (χ4v) is 4.53. The maximum Gasteiger partial charge on any atom is 0.253 e. The zero-order chi connectivity index (χ0) is 16.4. The number of hydrogen-bond donors (Lipinski definition) is 1. The Hall–Kier alpha value is -1.96. The number of benzene rings is 1. The zero-order valence-corrected chi connectivity index (χ0v) is 14.2. The van der Waals surface area contributed by atoms with Crippen molar-refractivity contribution in [1.29, 1.82) is 0 Å². The lowest BCUT2D eigenvalue weighted by Gasteiger charge is -2.12. The van der Waals surface area contributed by atoms with Crippen LogP contribution in [-0.4, -0.2) is 19.5 Å². The molecule has 2 aromatic heterocycles. The Morgan fingerprint density at radius 2 is 1.96 bits per heavy atom. The van der Waals surface area contributed by atoms with Gasteiger partial charge in [0.2, 0.25) is 10.0 Å². The van der Waals surface area contributed by atoms with Crippen LogP contribution < -0.4 is 10.3 Å². The normalized spacial score (nSPS) is 11.9. The third-order valence-corrected chi connectivity index (χ3v) is 6.43. The van der Waals surface area contributed by atoms with Gasteiger partial charge in [-0.25, -0.2) is 13.1 Å². The van der Waals surface area contributed by atoms with Crippen molar-refractivity contribution in [3.05, 3.63) is 63.8 Å². The number of hydrogen-bond acceptors (Lipinski definition) is 4. The molecular formula is C16H16N2O3S2. The minimum absolute atomic E-state index is 0.0981. The van der Waals surface area contributed by atoms with Crippen molar-refractivity contribution in [3.8, 4) is 0 Å². The number of sulfonamides is 1. The van der Waals surface area contributed by atoms with Gasteiger partial charge in [0.15, 0.2) is 0 Å². The molecule has 3 rings (SSSR count). The summed E-state index contributed by atoms with van der Waals surface area (Å²) in [5, 5.41) is 2.68. The first-order valence-electron chi connectivity index (χ1n) is 7.11. The zero-order valence-electron chi connectivity index (χ0n) is 12.5. The number of aryl methyl sites for hydroxylation is 1. The van der Waals surface area contributed by atoms with Crippen LogP contribution in [0.25, 0.3) is 10.9 Å². The highest BCUT2D eigenvalue weighted by atomic mass is 32.2. The Morgan fingerprint density at radius 3 is 2.70 bits per heavy atom. The van der Waals surface area contributed by atoms with Crippen molar-refractivity contribution in [1.82, 2.24) is 9.29 Å². The molecule has 2 heterocycles. The second kappa shape index (κ2) is 6.27. The van der Waals surface area contributed by atoms with Crippen LogP contribution in [0.5, 0.6) is 0 Å². The Labute approximate surface area is 138 Å². The summed E-state index contributed by atoms with van der Waals surface area (Å²) >= 11 is 1.17. The quantitative estimate of drug-likeness (QED) is 0.769. The molecule has 0 saturated carbocycles. The van der Waals surface area contributed by atoms with Crippen LogP contribution in [0, 0.1) is 6.92 Å². The summed E-state index contributed by atoms with van der Waals surface area (Å²) in [6.07, 6.45) is 0. The third-order valence-electron chi connectivity index (χ3n) is 3.57. The van der Waals surface area contributed by atoms with E-state index < -0.39 is 10.0 Å². The van der Waals surface area contributed by atoms with Crippen molar-refractivity contribution < 1.29 is 8.42 Å². The Kier molecular flexibility index (Phi) is 4.34. The first-order valence-corrected chi connectivity index (χ1v) is 9.48. The number of rotatable bonds is 5. The molecule has 0 atom stereocenters. The van der Waals surface area contributed by atoms with E-state index in [-0.39, 0.29) is 22.9 Å². The van der Waals surface area contributed by atoms with Crippen LogP contribution in [0.2, 0.25) is 0 Å². The number of para-hydroxylation sites is 1. The van der Waals surface area contributed by atoms with Gasteiger partial charge in [-0.05, 0) is 35.9 Å². The number of fused-ring (bicyclic) bond motifs is 1. The van der Waals surface area contributed by atoms with Crippen LogP contribution in [-0.2, 0) is 16.6 Å². The van der Waals surface area contributed by atoms with Crippen LogP contribution in [0.15, 0.2) is 56.8 Å². The number of thiophene rings is 1. The van der Waals surface area contributed by atoms with Gasteiger partial charge in [0.25, 0.3) is 5.56 Å². The summed E-state index contributed by atoms with van der Waals surface area (Å²) in [5.41, 5.74) is 1.35. The van der Waals surface area contributed by atoms with Crippen LogP contribution in [0.1, 0.15) is 5.56 Å². The van der Waals surface area contributed by atoms with Crippen LogP contribution in [0.3, 0.4) is 0 Å². The number of pyridine rings is 1. The SMILES string of the molecule is Cc1cc2ccccc2n(CCNS(=O)(=O)c2cccs2)c1=O. The van der Waals surface area contributed by atoms with E-state index >= 15 is 0 Å². The van der Waals surface area contributed by atoms with Crippen molar-refractivity contribution in [2.24, 2.45) is 0 Å². The van der Waals surface area contributed by atoms with Gasteiger partial charge in [-0.2, -0.15) is 0 Å². The molecule has 23 heavy (non-hydrogen) atoms. The summed E-state index contributed by atoms with van der Waals surface area (Å²) in [7, 11) is -3.51. The number of nitrogens with zero attached hydrogens (tertiary/aromatic N) is 1. The summed E-state index contributed by atoms with van der Waals surface area (Å²) in [6, 6.07) is 12.7. The van der Waals surface area contributed by atoms with E-state index in [2.05, 4.69) is 4.72 Å². The molecule has 0 aliphatic rings. The van der Waals surface area contributed by atoms with E-state index in [1.165, 1.54) is 11.3 Å². The first kappa shape index (κ1) is 15.9. The third kappa shape index (κ3) is 3.21. The van der Waals surface area contributed by atoms with Gasteiger partial charge in [0, 0.05) is 18.7 Å². The molecule has 0 radical (unpaired) electrons. The molecule has 0 aliphatic carbocycles. The van der Waals surface area contributed by atoms with Gasteiger partial charge in [-0.1, -0.05) is 24.3 Å². The van der Waals surface area contributed by atoms with E-state index in [4.69, 9.17) is 0 Å². The molecule has 0 spiro atoms. The van der Waals surface area contributed by atoms with Gasteiger partial charge in [-0.3, -0.25) is 4.79 Å². The molecule has 0 saturated heterocycles. The summed E-state index contributed by atoms with van der Waals surface area (Å²) < 4.78 is 28.7. The smallest absolute Gasteiger partial charge is 0.253 e. The van der Waals surface area contributed by atoms with E-state index in [1.54, 1.807) is 29.0 Å². The fourth-order valence-electron chi connectivity index (χ4n) is 2.47. The van der Waals surface area contributed by atoms with Gasteiger partial charge in [-0.15, -0.1) is 11.3 Å². The molecule has 7 heteroatoms. The number of aromatic nitrogens is 1. The van der Waals surface area contributed by atoms with Gasteiger partial charge in [0.1, 0.15) is 4.21 Å². The van der Waals surface area contributed by atoms with Gasteiger partial charge < -0.3 is 4.57 Å². The van der Waals surface area contributed by atoms with Gasteiger partial charge in [0.05, 0.1) is 5.52 Å². The highest BCUT2D eigenvalue weighted by Crippen LogP contribution is 2.15. The lowest BCUT2D eigenvalue weighted by atomic mass is 10.1. The lowest BCUT2D eigenvalue weighted by Crippen LogP contribution is -2.31. The topological polar surface area (TPSA) is 68.2 Å². The molecule has 1 N–H and O–H groups in total. The Morgan fingerprint density at radius 1 is 1.17 bits per heavy atom. The molecule has 1 aromatic carbocycles. The lowest BCUT2D eigenvalue weighted by molar-refractivity contribution is 0.574. The van der Waals surface area contributed by atoms with Crippen molar-refractivity contribution in [2.45, 2.75) is 17.7 Å². The summed E-state index contributed by atoms with van der Waals surface area (Å²) in [6.45, 7) is 2.21. The predicted molar refractivity (Wildman–Crippen MR) is 92.5 cm³/mol. The monoisotopic (exact) mass is 348 g/mol. The second-order valence-corrected chi connectivity index (χ2v) is 8.11. The molecule has 120 valence electrons. The van der Waals surface area contributed by atoms with Gasteiger partial charge >= 0.3 is 0 Å². The maximum atomic E-state index is 12.4. The predicted octanol–water partition coefficient (Wildman–Crippen LogP) is 2.35. The van der Waals surface area contributed by atoms with E-state index in [9.17, 15) is 13.2 Å². The van der Waals surface area contributed by atoms with Crippen LogP contribution >= 0.6 is 11.3 Å². The molecule has 0 amide bonds. The summed E-state index contributed by atoms with van der Waals surface area (Å²) in [4.78, 5) is 12.4. The van der Waals surface area contributed by atoms with E-state index in [0.717, 1.165) is 10.9 Å². The molecule has 3 aromatic rings. The standard InChI is InChI=1S/C16H16N2O3S2/c1-12-11-13-5-2-3-6-14(13)18(16(12)19)9-8-17-23(20,21)15-7-4-10-22-15/h2-7,10-11,17H,8-9H2,1H3. The average Bonchev–Trinajstić information content (AvgIpc) is 3.06. The van der Waals surface area contributed by atoms with E-state index in [1.807, 2.05) is 30.3 Å². The largest absolute Gasteiger partial charge is 0.307 e. The molecule has 0 aliphatic heterocycles. The molecular weight excluding hydrogens is 332 g/mol. The minimum Gasteiger partial charge on any atom is -0.307 e. The van der Waals surface area contributed by atoms with E-state index in [0.29, 0.717) is 5.56 Å². The average molecular weight is 348 g/mol.